The van der Waals surface area contributed by atoms with E-state index in [2.05, 4.69) is 36.4 Å². The Labute approximate surface area is 489 Å². The zero-order valence-corrected chi connectivity index (χ0v) is 46.6. The molecule has 8 aliphatic rings. The summed E-state index contributed by atoms with van der Waals surface area (Å²) in [6, 6.07) is 8.47. The Kier molecular flexibility index (Phi) is 3.71. The molecule has 29 aromatic carbocycles. The van der Waals surface area contributed by atoms with Crippen molar-refractivity contribution in [1.29, 1.82) is 0 Å². The van der Waals surface area contributed by atoms with Crippen LogP contribution in [0.25, 0.3) is 291 Å². The first-order chi connectivity index (χ1) is 43.8. The third-order valence-electron chi connectivity index (χ3n) is 30.5. The van der Waals surface area contributed by atoms with E-state index in [4.69, 9.17) is 23.7 Å². The summed E-state index contributed by atoms with van der Waals surface area (Å²) in [6.07, 6.45) is 5.75. The number of ether oxygens (including phenoxy) is 5. The predicted octanol–water partition coefficient (Wildman–Crippen LogP) is 18.4. The number of esters is 2. The zero-order chi connectivity index (χ0) is 54.8. The van der Waals surface area contributed by atoms with Crippen molar-refractivity contribution in [2.75, 3.05) is 26.4 Å². The predicted molar refractivity (Wildman–Crippen MR) is 354 cm³/mol. The minimum absolute atomic E-state index is 0.0937. The van der Waals surface area contributed by atoms with Crippen LogP contribution in [-0.2, 0) is 55.3 Å². The zero-order valence-electron chi connectivity index (χ0n) is 46.6. The van der Waals surface area contributed by atoms with E-state index >= 15 is 0 Å². The molecule has 29 aromatic rings. The van der Waals surface area contributed by atoms with Crippen molar-refractivity contribution in [3.63, 3.8) is 0 Å². The fourth-order valence-electron chi connectivity index (χ4n) is 30.0. The first kappa shape index (κ1) is 37.2. The number of carbonyl (C=O) groups is 2. The van der Waals surface area contributed by atoms with E-state index in [1.807, 2.05) is 0 Å². The standard InChI is InChI=1S/C82H24O7/c1-15(83)86-12-78-8-7-77(88-78,17-5-3-4-6-18(17)78)11-85-13-79-9-10-80(89-79,14-87-16(2)84)82-75-67-59-49-39-31-23-20-19-21-25-27(23)35-41-33(25)43-37-29(21)30-22(19)26-28-24(20)32(31)40-46-36(28)42-34(26)44-38(30)48-47(37)57-51(43)61-55(41)63(53(59)45(35)39)71(75)69(61)73-65(57)66-58(48)52(44)62-56(42)64-54(46)60(50(40)49)68(67)76(82)72(64)70(62)74(66)81(73,79)82/h3-8H,9-14H2,1-2H3/t77-,78+,79+,80-,81?,82?/m0/s1. The van der Waals surface area contributed by atoms with E-state index in [1.54, 1.807) is 179 Å². The molecule has 7 heteroatoms. The summed E-state index contributed by atoms with van der Waals surface area (Å²) in [7, 11) is 0. The van der Waals surface area contributed by atoms with Crippen molar-refractivity contribution in [2.24, 2.45) is 0 Å². The highest BCUT2D eigenvalue weighted by atomic mass is 16.6. The molecule has 4 heterocycles. The minimum Gasteiger partial charge on any atom is -0.463 e. The molecule has 4 bridgehead atoms. The fraction of sp³-hybridized carbons (Fsp3) is 0.171. The quantitative estimate of drug-likeness (QED) is 0.0852. The second-order valence-electron chi connectivity index (χ2n) is 31.7. The van der Waals surface area contributed by atoms with Gasteiger partial charge in [0.05, 0.1) is 24.0 Å². The van der Waals surface area contributed by atoms with Crippen LogP contribution in [0.2, 0.25) is 0 Å². The van der Waals surface area contributed by atoms with Gasteiger partial charge in [-0.05, 0) is 349 Å². The molecule has 4 aliphatic heterocycles. The first-order valence-corrected chi connectivity index (χ1v) is 32.6. The summed E-state index contributed by atoms with van der Waals surface area (Å²) in [6.45, 7) is 3.91. The lowest BCUT2D eigenvalue weighted by atomic mass is 9.38. The van der Waals surface area contributed by atoms with E-state index in [1.165, 1.54) is 148 Å². The van der Waals surface area contributed by atoms with Crippen LogP contribution in [0.1, 0.15) is 60.1 Å². The van der Waals surface area contributed by atoms with Gasteiger partial charge in [-0.3, -0.25) is 9.59 Å². The maximum absolute atomic E-state index is 14.2. The Balaban J connectivity index is 0.865. The van der Waals surface area contributed by atoms with Crippen LogP contribution in [0.5, 0.6) is 0 Å². The van der Waals surface area contributed by atoms with E-state index in [0.29, 0.717) is 6.61 Å². The Morgan fingerprint density at radius 2 is 0.528 bits per heavy atom. The molecule has 0 N–H and O–H groups in total. The second kappa shape index (κ2) is 8.88. The molecule has 89 heavy (non-hydrogen) atoms. The molecule has 0 aromatic heterocycles. The molecule has 2 spiro atoms. The summed E-state index contributed by atoms with van der Waals surface area (Å²) < 4.78 is 36.8. The Hall–Kier alpha value is -9.76. The summed E-state index contributed by atoms with van der Waals surface area (Å²) in [4.78, 5) is 26.7. The van der Waals surface area contributed by atoms with Crippen molar-refractivity contribution in [2.45, 2.75) is 59.9 Å². The Morgan fingerprint density at radius 1 is 0.303 bits per heavy atom. The van der Waals surface area contributed by atoms with Crippen molar-refractivity contribution in [3.05, 3.63) is 69.8 Å². The number of benzene rings is 19. The van der Waals surface area contributed by atoms with Gasteiger partial charge in [-0.25, -0.2) is 0 Å². The lowest BCUT2D eigenvalue weighted by Gasteiger charge is -2.60. The lowest BCUT2D eigenvalue weighted by Crippen LogP contribution is -2.68. The summed E-state index contributed by atoms with van der Waals surface area (Å²) in [5.41, 5.74) is 2.74. The Bertz CT molecular complexity index is 8190. The SMILES string of the molecule is CC(=O)OC[C@]12CC[C@](COC[C@]34C=C[C@](COC(C)=O)(O3)c3ccccc34)(O1)C13c4c5c6c7c8c9c(c%10c%11c1c1c4c4c%12c5c5c6c6c8c8c%13c9c9c%10c%10c%11c%11c1c1c4c4c%12c%12c5c5c6c8c6c8c%13c9c9c%10c%10c%11c1c1c4c4c%12c5c6c5c8c9c%10c1c45)C732. The third kappa shape index (κ3) is 2.24. The van der Waals surface area contributed by atoms with Gasteiger partial charge in [0.2, 0.25) is 0 Å². The van der Waals surface area contributed by atoms with Gasteiger partial charge in [-0.15, -0.1) is 0 Å². The lowest BCUT2D eigenvalue weighted by molar-refractivity contribution is -0.169. The van der Waals surface area contributed by atoms with Crippen LogP contribution >= 0.6 is 0 Å². The van der Waals surface area contributed by atoms with E-state index in [0.717, 1.165) is 24.0 Å². The molecule has 0 amide bonds. The van der Waals surface area contributed by atoms with Crippen LogP contribution in [-0.4, -0.2) is 49.6 Å². The highest BCUT2D eigenvalue weighted by molar-refractivity contribution is 6.82. The minimum atomic E-state index is -0.980. The van der Waals surface area contributed by atoms with E-state index in [-0.39, 0.29) is 31.8 Å². The summed E-state index contributed by atoms with van der Waals surface area (Å²) in [5.74, 6) is -0.590. The van der Waals surface area contributed by atoms with Gasteiger partial charge in [-0.2, -0.15) is 0 Å². The van der Waals surface area contributed by atoms with Crippen LogP contribution in [0, 0.1) is 0 Å². The van der Waals surface area contributed by atoms with Crippen molar-refractivity contribution in [3.8, 4) is 0 Å². The number of fused-ring (bicyclic) bond motifs is 7. The topological polar surface area (TPSA) is 80.3 Å². The largest absolute Gasteiger partial charge is 0.463 e. The normalized spacial score (nSPS) is 28.2. The number of rotatable bonds is 8. The Morgan fingerprint density at radius 3 is 0.787 bits per heavy atom. The average molecular weight is 1120 g/mol. The molecule has 0 radical (unpaired) electrons. The van der Waals surface area contributed by atoms with Crippen molar-refractivity contribution in [1.82, 2.24) is 0 Å². The van der Waals surface area contributed by atoms with Crippen LogP contribution in [0.3, 0.4) is 0 Å². The van der Waals surface area contributed by atoms with Gasteiger partial charge in [0.15, 0.2) is 0 Å². The summed E-state index contributed by atoms with van der Waals surface area (Å²) in [5, 5.41) is 83.5. The van der Waals surface area contributed by atoms with E-state index < -0.39 is 33.2 Å². The number of hydrogen-bond acceptors (Lipinski definition) is 7. The molecule has 0 saturated carbocycles. The van der Waals surface area contributed by atoms with Crippen LogP contribution in [0.4, 0.5) is 0 Å². The number of hydrogen-bond donors (Lipinski definition) is 0. The van der Waals surface area contributed by atoms with Gasteiger partial charge >= 0.3 is 11.9 Å². The monoisotopic (exact) mass is 1120 g/mol. The van der Waals surface area contributed by atoms with Gasteiger partial charge in [0.25, 0.3) is 0 Å². The molecule has 0 unspecified atom stereocenters. The van der Waals surface area contributed by atoms with Crippen LogP contribution < -0.4 is 0 Å². The molecule has 2 fully saturated rings. The van der Waals surface area contributed by atoms with Gasteiger partial charge in [0.1, 0.15) is 35.6 Å². The average Bonchev–Trinajstić information content (AvgIpc) is 1.38. The molecular weight excluding hydrogens is 1100 g/mol. The maximum Gasteiger partial charge on any atom is 0.302 e. The number of carbonyl (C=O) groups excluding carboxylic acids is 2. The first-order valence-electron chi connectivity index (χ1n) is 32.6. The van der Waals surface area contributed by atoms with E-state index in [9.17, 15) is 9.59 Å². The highest BCUT2D eigenvalue weighted by Gasteiger charge is 2.89. The molecule has 7 nitrogen and oxygen atoms in total. The van der Waals surface area contributed by atoms with Crippen LogP contribution in [0.15, 0.2) is 36.4 Å². The highest BCUT2D eigenvalue weighted by Crippen LogP contribution is 2.90. The molecule has 4 aliphatic carbocycles. The summed E-state index contributed by atoms with van der Waals surface area (Å²) >= 11 is 0. The van der Waals surface area contributed by atoms with Gasteiger partial charge < -0.3 is 23.7 Å². The molecule has 4 atom stereocenters. The molecular formula is C82H24O7. The van der Waals surface area contributed by atoms with Crippen molar-refractivity contribution < 1.29 is 33.3 Å². The maximum atomic E-state index is 14.2. The van der Waals surface area contributed by atoms with Gasteiger partial charge in [-0.1, -0.05) is 24.3 Å². The second-order valence-corrected chi connectivity index (χ2v) is 31.7. The fourth-order valence-corrected chi connectivity index (χ4v) is 30.0. The molecule has 37 rings (SSSR count). The molecule has 394 valence electrons. The molecule has 2 saturated heterocycles. The van der Waals surface area contributed by atoms with Crippen molar-refractivity contribution >= 4 is 303 Å². The third-order valence-corrected chi connectivity index (χ3v) is 30.5. The van der Waals surface area contributed by atoms with Gasteiger partial charge in [0, 0.05) is 13.8 Å². The smallest absolute Gasteiger partial charge is 0.302 e.